The van der Waals surface area contributed by atoms with E-state index in [0.717, 1.165) is 12.1 Å². The fraction of sp³-hybridized carbons (Fsp3) is 0.400. The van der Waals surface area contributed by atoms with Crippen LogP contribution in [0.25, 0.3) is 0 Å². The Morgan fingerprint density at radius 2 is 2.00 bits per heavy atom. The maximum Gasteiger partial charge on any atom is 0.416 e. The minimum Gasteiger partial charge on any atom is -0.365 e. The Morgan fingerprint density at radius 3 is 2.50 bits per heavy atom. The van der Waals surface area contributed by atoms with E-state index < -0.39 is 17.3 Å². The van der Waals surface area contributed by atoms with Crippen LogP contribution in [0.15, 0.2) is 24.3 Å². The van der Waals surface area contributed by atoms with Crippen LogP contribution in [-0.2, 0) is 16.5 Å². The normalized spacial score (nSPS) is 26.3. The summed E-state index contributed by atoms with van der Waals surface area (Å²) in [7, 11) is 0. The molecule has 0 bridgehead atoms. The van der Waals surface area contributed by atoms with Crippen LogP contribution in [0.1, 0.15) is 18.1 Å². The molecule has 0 amide bonds. The molecule has 0 aliphatic carbocycles. The Kier molecular flexibility index (Phi) is 1.86. The summed E-state index contributed by atoms with van der Waals surface area (Å²) in [6, 6.07) is 5.27. The molecule has 1 nitrogen and oxygen atoms in total. The number of benzene rings is 1. The number of hydrogen-bond acceptors (Lipinski definition) is 1. The lowest BCUT2D eigenvalue weighted by atomic mass is 10.00. The van der Waals surface area contributed by atoms with Gasteiger partial charge in [0.25, 0.3) is 0 Å². The predicted octanol–water partition coefficient (Wildman–Crippen LogP) is 2.95. The SMILES string of the molecule is C[C@@]1(c2cccc(C(F)(F)F)c2)CO1. The van der Waals surface area contributed by atoms with E-state index in [1.54, 1.807) is 13.0 Å². The molecule has 1 aromatic rings. The predicted molar refractivity (Wildman–Crippen MR) is 44.7 cm³/mol. The van der Waals surface area contributed by atoms with Gasteiger partial charge in [0.15, 0.2) is 0 Å². The van der Waals surface area contributed by atoms with Crippen molar-refractivity contribution in [2.45, 2.75) is 18.7 Å². The molecule has 1 saturated heterocycles. The topological polar surface area (TPSA) is 12.5 Å². The average molecular weight is 202 g/mol. The molecule has 0 radical (unpaired) electrons. The summed E-state index contributed by atoms with van der Waals surface area (Å²) in [6.07, 6.45) is -4.28. The van der Waals surface area contributed by atoms with Crippen LogP contribution in [0.4, 0.5) is 13.2 Å². The lowest BCUT2D eigenvalue weighted by molar-refractivity contribution is -0.137. The number of hydrogen-bond donors (Lipinski definition) is 0. The van der Waals surface area contributed by atoms with Crippen LogP contribution in [0.5, 0.6) is 0 Å². The van der Waals surface area contributed by atoms with Crippen LogP contribution >= 0.6 is 0 Å². The molecule has 1 atom stereocenters. The summed E-state index contributed by atoms with van der Waals surface area (Å²) in [5.74, 6) is 0. The third kappa shape index (κ3) is 1.62. The van der Waals surface area contributed by atoms with Gasteiger partial charge in [0.2, 0.25) is 0 Å². The largest absolute Gasteiger partial charge is 0.416 e. The fourth-order valence-corrected chi connectivity index (χ4v) is 1.30. The van der Waals surface area contributed by atoms with E-state index in [4.69, 9.17) is 4.74 Å². The van der Waals surface area contributed by atoms with Gasteiger partial charge >= 0.3 is 6.18 Å². The monoisotopic (exact) mass is 202 g/mol. The summed E-state index contributed by atoms with van der Waals surface area (Å²) < 4.78 is 42.1. The highest BCUT2D eigenvalue weighted by molar-refractivity contribution is 5.31. The van der Waals surface area contributed by atoms with Gasteiger partial charge < -0.3 is 4.74 Å². The van der Waals surface area contributed by atoms with E-state index in [-0.39, 0.29) is 0 Å². The molecule has 0 aromatic heterocycles. The number of halogens is 3. The van der Waals surface area contributed by atoms with Gasteiger partial charge in [-0.15, -0.1) is 0 Å². The first kappa shape index (κ1) is 9.52. The van der Waals surface area contributed by atoms with Gasteiger partial charge in [0.05, 0.1) is 12.2 Å². The molecule has 0 saturated carbocycles. The number of ether oxygens (including phenoxy) is 1. The third-order valence-electron chi connectivity index (χ3n) is 2.38. The highest BCUT2D eigenvalue weighted by Gasteiger charge is 2.42. The van der Waals surface area contributed by atoms with E-state index in [2.05, 4.69) is 0 Å². The molecular weight excluding hydrogens is 193 g/mol. The van der Waals surface area contributed by atoms with E-state index in [0.29, 0.717) is 12.2 Å². The average Bonchev–Trinajstić information content (AvgIpc) is 2.84. The van der Waals surface area contributed by atoms with Crippen molar-refractivity contribution in [3.8, 4) is 0 Å². The van der Waals surface area contributed by atoms with Crippen molar-refractivity contribution in [1.29, 1.82) is 0 Å². The maximum absolute atomic E-state index is 12.3. The van der Waals surface area contributed by atoms with Crippen molar-refractivity contribution < 1.29 is 17.9 Å². The van der Waals surface area contributed by atoms with Crippen LogP contribution in [0.2, 0.25) is 0 Å². The van der Waals surface area contributed by atoms with Crippen molar-refractivity contribution in [1.82, 2.24) is 0 Å². The third-order valence-corrected chi connectivity index (χ3v) is 2.38. The molecule has 1 fully saturated rings. The molecular formula is C10H9F3O. The van der Waals surface area contributed by atoms with Gasteiger partial charge in [0, 0.05) is 0 Å². The minimum absolute atomic E-state index is 0.494. The summed E-state index contributed by atoms with van der Waals surface area (Å²) in [5, 5.41) is 0. The zero-order chi connectivity index (χ0) is 10.4. The van der Waals surface area contributed by atoms with E-state index in [1.165, 1.54) is 6.07 Å². The molecule has 1 aliphatic heterocycles. The summed E-state index contributed by atoms with van der Waals surface area (Å²) >= 11 is 0. The Hall–Kier alpha value is -1.03. The van der Waals surface area contributed by atoms with Crippen molar-refractivity contribution in [2.24, 2.45) is 0 Å². The Bertz CT molecular complexity index is 332. The fourth-order valence-electron chi connectivity index (χ4n) is 1.30. The lowest BCUT2D eigenvalue weighted by Crippen LogP contribution is -2.08. The second kappa shape index (κ2) is 2.73. The first-order valence-electron chi connectivity index (χ1n) is 4.23. The quantitative estimate of drug-likeness (QED) is 0.638. The molecule has 0 N–H and O–H groups in total. The first-order valence-corrected chi connectivity index (χ1v) is 4.23. The Morgan fingerprint density at radius 1 is 1.36 bits per heavy atom. The number of alkyl halides is 3. The van der Waals surface area contributed by atoms with Crippen molar-refractivity contribution in [3.05, 3.63) is 35.4 Å². The molecule has 1 aliphatic rings. The zero-order valence-corrected chi connectivity index (χ0v) is 7.56. The van der Waals surface area contributed by atoms with Gasteiger partial charge in [-0.05, 0) is 24.6 Å². The summed E-state index contributed by atoms with van der Waals surface area (Å²) in [4.78, 5) is 0. The van der Waals surface area contributed by atoms with Crippen LogP contribution < -0.4 is 0 Å². The molecule has 4 heteroatoms. The van der Waals surface area contributed by atoms with Gasteiger partial charge in [-0.3, -0.25) is 0 Å². The van der Waals surface area contributed by atoms with Gasteiger partial charge in [-0.25, -0.2) is 0 Å². The summed E-state index contributed by atoms with van der Waals surface area (Å²) in [6.45, 7) is 2.27. The smallest absolute Gasteiger partial charge is 0.365 e. The van der Waals surface area contributed by atoms with Gasteiger partial charge in [-0.2, -0.15) is 13.2 Å². The molecule has 1 aromatic carbocycles. The van der Waals surface area contributed by atoms with E-state index >= 15 is 0 Å². The molecule has 14 heavy (non-hydrogen) atoms. The van der Waals surface area contributed by atoms with Gasteiger partial charge in [-0.1, -0.05) is 12.1 Å². The lowest BCUT2D eigenvalue weighted by Gasteiger charge is -2.10. The number of rotatable bonds is 1. The first-order chi connectivity index (χ1) is 6.42. The van der Waals surface area contributed by atoms with E-state index in [9.17, 15) is 13.2 Å². The van der Waals surface area contributed by atoms with Crippen LogP contribution in [0.3, 0.4) is 0 Å². The van der Waals surface area contributed by atoms with Crippen LogP contribution in [-0.4, -0.2) is 6.61 Å². The molecule has 2 rings (SSSR count). The van der Waals surface area contributed by atoms with Crippen molar-refractivity contribution >= 4 is 0 Å². The van der Waals surface area contributed by atoms with Crippen molar-refractivity contribution in [2.75, 3.05) is 6.61 Å². The van der Waals surface area contributed by atoms with Gasteiger partial charge in [0.1, 0.15) is 5.60 Å². The highest BCUT2D eigenvalue weighted by Crippen LogP contribution is 2.40. The molecule has 0 unspecified atom stereocenters. The maximum atomic E-state index is 12.3. The second-order valence-corrected chi connectivity index (χ2v) is 3.60. The van der Waals surface area contributed by atoms with E-state index in [1.807, 2.05) is 0 Å². The molecule has 1 heterocycles. The molecule has 76 valence electrons. The Balaban J connectivity index is 2.37. The number of epoxide rings is 1. The standard InChI is InChI=1S/C10H9F3O/c1-9(6-14-9)7-3-2-4-8(5-7)10(11,12)13/h2-5H,6H2,1H3/t9-/m0/s1. The Labute approximate surface area is 79.5 Å². The highest BCUT2D eigenvalue weighted by atomic mass is 19.4. The molecule has 0 spiro atoms. The van der Waals surface area contributed by atoms with Crippen LogP contribution in [0, 0.1) is 0 Å². The zero-order valence-electron chi connectivity index (χ0n) is 7.56. The van der Waals surface area contributed by atoms with Crippen molar-refractivity contribution in [3.63, 3.8) is 0 Å². The summed E-state index contributed by atoms with van der Waals surface area (Å²) in [5.41, 5.74) is -0.527. The minimum atomic E-state index is -4.28. The second-order valence-electron chi connectivity index (χ2n) is 3.60.